The number of hydrogen-bond acceptors (Lipinski definition) is 1. The second kappa shape index (κ2) is 4.47. The molecule has 1 rings (SSSR count). The van der Waals surface area contributed by atoms with Crippen molar-refractivity contribution in [3.05, 3.63) is 16.4 Å². The molecular weight excluding hydrogens is 251 g/mol. The zero-order chi connectivity index (χ0) is 10.0. The Morgan fingerprint density at radius 2 is 2.31 bits per heavy atom. The summed E-state index contributed by atoms with van der Waals surface area (Å²) in [6, 6.07) is 0. The Balaban J connectivity index is 2.93. The van der Waals surface area contributed by atoms with E-state index in [0.29, 0.717) is 5.92 Å². The van der Waals surface area contributed by atoms with Crippen molar-refractivity contribution >= 4 is 27.5 Å². The van der Waals surface area contributed by atoms with Gasteiger partial charge < -0.3 is 0 Å². The van der Waals surface area contributed by atoms with Crippen molar-refractivity contribution in [3.63, 3.8) is 0 Å². The van der Waals surface area contributed by atoms with Crippen LogP contribution in [0.1, 0.15) is 31.3 Å². The summed E-state index contributed by atoms with van der Waals surface area (Å²) in [5.74, 6) is 0.466. The Morgan fingerprint density at radius 3 is 2.69 bits per heavy atom. The third kappa shape index (κ3) is 2.26. The monoisotopic (exact) mass is 264 g/mol. The molecule has 0 amide bonds. The van der Waals surface area contributed by atoms with Crippen LogP contribution in [0.2, 0.25) is 0 Å². The van der Waals surface area contributed by atoms with Gasteiger partial charge in [-0.1, -0.05) is 20.3 Å². The smallest absolute Gasteiger partial charge is 0.0790 e. The minimum Gasteiger partial charge on any atom is -0.270 e. The topological polar surface area (TPSA) is 17.8 Å². The lowest BCUT2D eigenvalue weighted by molar-refractivity contribution is 0.514. The lowest BCUT2D eigenvalue weighted by Crippen LogP contribution is -2.08. The van der Waals surface area contributed by atoms with E-state index in [2.05, 4.69) is 34.9 Å². The van der Waals surface area contributed by atoms with Gasteiger partial charge in [-0.25, -0.2) is 0 Å². The third-order valence-corrected chi connectivity index (χ3v) is 3.59. The maximum Gasteiger partial charge on any atom is 0.0790 e. The number of hydrogen-bond donors (Lipinski definition) is 0. The standard InChI is InChI=1S/C9H14BrClN2/c1-4-6(2)8(11)9-7(10)5-12-13(9)3/h5-6,8H,4H2,1-3H3. The van der Waals surface area contributed by atoms with E-state index < -0.39 is 0 Å². The second-order valence-corrected chi connectivity index (χ2v) is 4.61. The molecule has 1 heterocycles. The van der Waals surface area contributed by atoms with E-state index in [1.54, 1.807) is 6.20 Å². The summed E-state index contributed by atoms with van der Waals surface area (Å²) in [4.78, 5) is 0. The highest BCUT2D eigenvalue weighted by Gasteiger charge is 2.20. The number of nitrogens with zero attached hydrogens (tertiary/aromatic N) is 2. The molecule has 0 saturated carbocycles. The molecule has 0 fully saturated rings. The molecule has 0 aromatic carbocycles. The average molecular weight is 266 g/mol. The van der Waals surface area contributed by atoms with Crippen molar-refractivity contribution in [3.8, 4) is 0 Å². The van der Waals surface area contributed by atoms with Crippen LogP contribution in [0.25, 0.3) is 0 Å². The van der Waals surface area contributed by atoms with Crippen LogP contribution in [0.15, 0.2) is 10.7 Å². The summed E-state index contributed by atoms with van der Waals surface area (Å²) in [7, 11) is 1.91. The van der Waals surface area contributed by atoms with E-state index in [9.17, 15) is 0 Å². The fourth-order valence-corrected chi connectivity index (χ4v) is 2.37. The minimum absolute atomic E-state index is 0.0341. The van der Waals surface area contributed by atoms with Crippen molar-refractivity contribution in [2.45, 2.75) is 25.6 Å². The Bertz CT molecular complexity index is 266. The van der Waals surface area contributed by atoms with Crippen LogP contribution in [0.5, 0.6) is 0 Å². The molecule has 0 radical (unpaired) electrons. The molecule has 0 aliphatic rings. The molecule has 0 aliphatic carbocycles. The zero-order valence-corrected chi connectivity index (χ0v) is 10.4. The van der Waals surface area contributed by atoms with Crippen LogP contribution >= 0.6 is 27.5 Å². The highest BCUT2D eigenvalue weighted by atomic mass is 79.9. The molecule has 1 aromatic rings. The number of alkyl halides is 1. The zero-order valence-electron chi connectivity index (χ0n) is 8.09. The highest BCUT2D eigenvalue weighted by molar-refractivity contribution is 9.10. The van der Waals surface area contributed by atoms with Gasteiger partial charge in [-0.2, -0.15) is 5.10 Å². The highest BCUT2D eigenvalue weighted by Crippen LogP contribution is 2.34. The molecule has 2 unspecified atom stereocenters. The van der Waals surface area contributed by atoms with Gasteiger partial charge in [-0.3, -0.25) is 4.68 Å². The number of aryl methyl sites for hydroxylation is 1. The molecule has 74 valence electrons. The molecule has 0 bridgehead atoms. The van der Waals surface area contributed by atoms with Crippen LogP contribution < -0.4 is 0 Å². The van der Waals surface area contributed by atoms with Crippen LogP contribution in [0.3, 0.4) is 0 Å². The van der Waals surface area contributed by atoms with Crippen molar-refractivity contribution in [1.82, 2.24) is 9.78 Å². The maximum atomic E-state index is 6.32. The molecule has 2 nitrogen and oxygen atoms in total. The Kier molecular flexibility index (Phi) is 3.80. The Morgan fingerprint density at radius 1 is 1.69 bits per heavy atom. The molecule has 0 aliphatic heterocycles. The molecule has 0 spiro atoms. The predicted molar refractivity (Wildman–Crippen MR) is 59.0 cm³/mol. The average Bonchev–Trinajstić information content (AvgIpc) is 2.44. The summed E-state index contributed by atoms with van der Waals surface area (Å²) in [5.41, 5.74) is 1.07. The summed E-state index contributed by atoms with van der Waals surface area (Å²) < 4.78 is 2.82. The van der Waals surface area contributed by atoms with Gasteiger partial charge in [0.05, 0.1) is 21.7 Å². The molecule has 2 atom stereocenters. The molecule has 0 N–H and O–H groups in total. The van der Waals surface area contributed by atoms with E-state index in [1.165, 1.54) is 0 Å². The summed E-state index contributed by atoms with van der Waals surface area (Å²) in [5, 5.41) is 4.17. The van der Waals surface area contributed by atoms with Crippen molar-refractivity contribution in [2.24, 2.45) is 13.0 Å². The SMILES string of the molecule is CCC(C)C(Cl)c1c(Br)cnn1C. The predicted octanol–water partition coefficient (Wildman–Crippen LogP) is 3.51. The molecular formula is C9H14BrClN2. The van der Waals surface area contributed by atoms with E-state index in [4.69, 9.17) is 11.6 Å². The maximum absolute atomic E-state index is 6.32. The van der Waals surface area contributed by atoms with Crippen molar-refractivity contribution in [1.29, 1.82) is 0 Å². The third-order valence-electron chi connectivity index (χ3n) is 2.34. The normalized spacial score (nSPS) is 15.8. The van der Waals surface area contributed by atoms with Gasteiger partial charge in [0, 0.05) is 7.05 Å². The van der Waals surface area contributed by atoms with Gasteiger partial charge in [-0.15, -0.1) is 11.6 Å². The molecule has 4 heteroatoms. The van der Waals surface area contributed by atoms with E-state index in [-0.39, 0.29) is 5.38 Å². The van der Waals surface area contributed by atoms with Gasteiger partial charge in [0.15, 0.2) is 0 Å². The molecule has 13 heavy (non-hydrogen) atoms. The fraction of sp³-hybridized carbons (Fsp3) is 0.667. The van der Waals surface area contributed by atoms with E-state index in [0.717, 1.165) is 16.6 Å². The van der Waals surface area contributed by atoms with Crippen LogP contribution in [-0.4, -0.2) is 9.78 Å². The minimum atomic E-state index is 0.0341. The number of halogens is 2. The van der Waals surface area contributed by atoms with Gasteiger partial charge in [-0.05, 0) is 21.8 Å². The first kappa shape index (κ1) is 11.1. The van der Waals surface area contributed by atoms with Gasteiger partial charge >= 0.3 is 0 Å². The summed E-state index contributed by atoms with van der Waals surface area (Å²) >= 11 is 9.77. The Hall–Kier alpha value is -0.0200. The van der Waals surface area contributed by atoms with Crippen LogP contribution in [0, 0.1) is 5.92 Å². The van der Waals surface area contributed by atoms with E-state index >= 15 is 0 Å². The number of aromatic nitrogens is 2. The lowest BCUT2D eigenvalue weighted by Gasteiger charge is -2.16. The second-order valence-electron chi connectivity index (χ2n) is 3.29. The van der Waals surface area contributed by atoms with Gasteiger partial charge in [0.2, 0.25) is 0 Å². The van der Waals surface area contributed by atoms with Crippen molar-refractivity contribution < 1.29 is 0 Å². The summed E-state index contributed by atoms with van der Waals surface area (Å²) in [6.07, 6.45) is 2.86. The van der Waals surface area contributed by atoms with Crippen molar-refractivity contribution in [2.75, 3.05) is 0 Å². The first-order valence-corrected chi connectivity index (χ1v) is 5.62. The number of rotatable bonds is 3. The quantitative estimate of drug-likeness (QED) is 0.765. The Labute approximate surface area is 92.4 Å². The first-order valence-electron chi connectivity index (χ1n) is 4.39. The van der Waals surface area contributed by atoms with Gasteiger partial charge in [0.25, 0.3) is 0 Å². The first-order chi connectivity index (χ1) is 6.07. The largest absolute Gasteiger partial charge is 0.270 e. The van der Waals surface area contributed by atoms with Crippen LogP contribution in [-0.2, 0) is 7.05 Å². The lowest BCUT2D eigenvalue weighted by atomic mass is 10.0. The fourth-order valence-electron chi connectivity index (χ4n) is 1.21. The van der Waals surface area contributed by atoms with Gasteiger partial charge in [0.1, 0.15) is 0 Å². The molecule has 1 aromatic heterocycles. The van der Waals surface area contributed by atoms with Crippen LogP contribution in [0.4, 0.5) is 0 Å². The van der Waals surface area contributed by atoms with E-state index in [1.807, 2.05) is 11.7 Å². The molecule has 0 saturated heterocycles. The summed E-state index contributed by atoms with van der Waals surface area (Å²) in [6.45, 7) is 4.29.